The number of sulfonamides is 1. The molecular weight excluding hydrogens is 288 g/mol. The molecule has 1 aliphatic heterocycles. The summed E-state index contributed by atoms with van der Waals surface area (Å²) >= 11 is 0. The fourth-order valence-electron chi connectivity index (χ4n) is 2.90. The maximum atomic E-state index is 12.7. The average Bonchev–Trinajstić information content (AvgIpc) is 2.36. The van der Waals surface area contributed by atoms with E-state index in [4.69, 9.17) is 0 Å². The van der Waals surface area contributed by atoms with Crippen molar-refractivity contribution in [3.63, 3.8) is 0 Å². The Kier molecular flexibility index (Phi) is 4.39. The van der Waals surface area contributed by atoms with Crippen LogP contribution in [0.5, 0.6) is 0 Å². The predicted molar refractivity (Wildman–Crippen MR) is 83.0 cm³/mol. The summed E-state index contributed by atoms with van der Waals surface area (Å²) in [6.45, 7) is 7.53. The van der Waals surface area contributed by atoms with E-state index in [9.17, 15) is 13.2 Å². The van der Waals surface area contributed by atoms with E-state index in [1.165, 1.54) is 10.6 Å². The molecule has 1 saturated heterocycles. The number of hydrogen-bond donors (Lipinski definition) is 0. The molecule has 0 aromatic heterocycles. The summed E-state index contributed by atoms with van der Waals surface area (Å²) in [5, 5.41) is 0. The molecule has 0 saturated carbocycles. The van der Waals surface area contributed by atoms with Crippen molar-refractivity contribution in [1.29, 1.82) is 0 Å². The van der Waals surface area contributed by atoms with Crippen LogP contribution in [0.25, 0.3) is 0 Å². The molecule has 116 valence electrons. The number of carbonyl (C=O) groups excluding carboxylic acids is 1. The van der Waals surface area contributed by atoms with Crippen LogP contribution in [-0.2, 0) is 10.0 Å². The monoisotopic (exact) mass is 310 g/mol. The molecule has 0 spiro atoms. The Morgan fingerprint density at radius 2 is 1.48 bits per heavy atom. The minimum Gasteiger partial charge on any atom is -0.336 e. The molecule has 0 bridgehead atoms. The van der Waals surface area contributed by atoms with Crippen LogP contribution in [0.3, 0.4) is 0 Å². The van der Waals surface area contributed by atoms with E-state index >= 15 is 0 Å². The number of nitrogens with zero attached hydrogens (tertiary/aromatic N) is 2. The Bertz CT molecular complexity index is 636. The van der Waals surface area contributed by atoms with E-state index in [0.29, 0.717) is 26.2 Å². The molecule has 2 rings (SSSR count). The van der Waals surface area contributed by atoms with Crippen LogP contribution in [0, 0.1) is 20.8 Å². The highest BCUT2D eigenvalue weighted by atomic mass is 32.2. The van der Waals surface area contributed by atoms with Gasteiger partial charge in [-0.15, -0.1) is 0 Å². The third kappa shape index (κ3) is 3.44. The van der Waals surface area contributed by atoms with E-state index in [1.54, 1.807) is 4.90 Å². The van der Waals surface area contributed by atoms with Gasteiger partial charge in [0, 0.05) is 31.7 Å². The first-order valence-electron chi connectivity index (χ1n) is 7.02. The minimum absolute atomic E-state index is 0.00171. The van der Waals surface area contributed by atoms with Crippen molar-refractivity contribution >= 4 is 15.9 Å². The summed E-state index contributed by atoms with van der Waals surface area (Å²) in [6.07, 6.45) is 1.21. The van der Waals surface area contributed by atoms with E-state index in [2.05, 4.69) is 0 Å². The second-order valence-electron chi connectivity index (χ2n) is 5.73. The summed E-state index contributed by atoms with van der Waals surface area (Å²) in [5.74, 6) is -0.00171. The lowest BCUT2D eigenvalue weighted by atomic mass is 9.98. The molecule has 1 aromatic rings. The summed E-state index contributed by atoms with van der Waals surface area (Å²) in [6, 6.07) is 4.01. The summed E-state index contributed by atoms with van der Waals surface area (Å²) in [7, 11) is -3.17. The van der Waals surface area contributed by atoms with Crippen molar-refractivity contribution in [2.75, 3.05) is 32.4 Å². The summed E-state index contributed by atoms with van der Waals surface area (Å²) in [5.41, 5.74) is 3.84. The fourth-order valence-corrected chi connectivity index (χ4v) is 3.72. The number of hydrogen-bond acceptors (Lipinski definition) is 3. The number of aryl methyl sites for hydroxylation is 3. The third-order valence-corrected chi connectivity index (χ3v) is 5.19. The Labute approximate surface area is 126 Å². The zero-order valence-electron chi connectivity index (χ0n) is 13.0. The van der Waals surface area contributed by atoms with E-state index in [-0.39, 0.29) is 5.91 Å². The maximum Gasteiger partial charge on any atom is 0.254 e. The number of amides is 1. The van der Waals surface area contributed by atoms with Gasteiger partial charge in [-0.25, -0.2) is 8.42 Å². The van der Waals surface area contributed by atoms with Gasteiger partial charge in [-0.2, -0.15) is 4.31 Å². The molecule has 1 heterocycles. The fraction of sp³-hybridized carbons (Fsp3) is 0.533. The molecule has 6 heteroatoms. The van der Waals surface area contributed by atoms with Crippen LogP contribution in [0.4, 0.5) is 0 Å². The van der Waals surface area contributed by atoms with E-state index in [0.717, 1.165) is 22.3 Å². The van der Waals surface area contributed by atoms with Gasteiger partial charge in [0.1, 0.15) is 0 Å². The van der Waals surface area contributed by atoms with Crippen molar-refractivity contribution in [2.45, 2.75) is 20.8 Å². The molecule has 0 N–H and O–H groups in total. The molecule has 0 radical (unpaired) electrons. The van der Waals surface area contributed by atoms with Gasteiger partial charge >= 0.3 is 0 Å². The first-order chi connectivity index (χ1) is 9.70. The molecule has 1 fully saturated rings. The first kappa shape index (κ1) is 16.0. The van der Waals surface area contributed by atoms with Gasteiger partial charge in [0.15, 0.2) is 0 Å². The molecule has 0 atom stereocenters. The highest BCUT2D eigenvalue weighted by Gasteiger charge is 2.27. The Hall–Kier alpha value is -1.40. The number of piperazine rings is 1. The number of rotatable bonds is 2. The molecule has 1 amide bonds. The second-order valence-corrected chi connectivity index (χ2v) is 7.71. The van der Waals surface area contributed by atoms with E-state index < -0.39 is 10.0 Å². The second kappa shape index (κ2) is 5.77. The van der Waals surface area contributed by atoms with Gasteiger partial charge in [0.25, 0.3) is 5.91 Å². The van der Waals surface area contributed by atoms with Crippen molar-refractivity contribution in [2.24, 2.45) is 0 Å². The van der Waals surface area contributed by atoms with Crippen molar-refractivity contribution in [3.8, 4) is 0 Å². The smallest absolute Gasteiger partial charge is 0.254 e. The number of carbonyl (C=O) groups is 1. The van der Waals surface area contributed by atoms with Gasteiger partial charge in [0.2, 0.25) is 10.0 Å². The topological polar surface area (TPSA) is 57.7 Å². The minimum atomic E-state index is -3.17. The third-order valence-electron chi connectivity index (χ3n) is 3.89. The predicted octanol–water partition coefficient (Wildman–Crippen LogP) is 1.33. The summed E-state index contributed by atoms with van der Waals surface area (Å²) < 4.78 is 24.4. The Morgan fingerprint density at radius 3 is 1.90 bits per heavy atom. The largest absolute Gasteiger partial charge is 0.336 e. The van der Waals surface area contributed by atoms with Crippen LogP contribution in [-0.4, -0.2) is 56.0 Å². The molecule has 1 aromatic carbocycles. The van der Waals surface area contributed by atoms with Crippen LogP contribution in [0.2, 0.25) is 0 Å². The van der Waals surface area contributed by atoms with Gasteiger partial charge in [-0.05, 0) is 31.9 Å². The van der Waals surface area contributed by atoms with Gasteiger partial charge < -0.3 is 4.90 Å². The van der Waals surface area contributed by atoms with Crippen molar-refractivity contribution in [1.82, 2.24) is 9.21 Å². The van der Waals surface area contributed by atoms with E-state index in [1.807, 2.05) is 32.9 Å². The molecular formula is C15H22N2O3S. The van der Waals surface area contributed by atoms with Crippen LogP contribution < -0.4 is 0 Å². The first-order valence-corrected chi connectivity index (χ1v) is 8.87. The van der Waals surface area contributed by atoms with Gasteiger partial charge in [-0.1, -0.05) is 17.7 Å². The quantitative estimate of drug-likeness (QED) is 0.828. The molecule has 5 nitrogen and oxygen atoms in total. The van der Waals surface area contributed by atoms with Crippen molar-refractivity contribution < 1.29 is 13.2 Å². The zero-order chi connectivity index (χ0) is 15.8. The van der Waals surface area contributed by atoms with Crippen LogP contribution in [0.15, 0.2) is 12.1 Å². The number of benzene rings is 1. The Morgan fingerprint density at radius 1 is 1.00 bits per heavy atom. The lowest BCUT2D eigenvalue weighted by Gasteiger charge is -2.33. The molecule has 0 unspecified atom stereocenters. The SMILES string of the molecule is Cc1cc(C)c(C(=O)N2CCN(S(C)(=O)=O)CC2)c(C)c1. The van der Waals surface area contributed by atoms with Crippen LogP contribution in [0.1, 0.15) is 27.0 Å². The lowest BCUT2D eigenvalue weighted by molar-refractivity contribution is 0.0697. The van der Waals surface area contributed by atoms with Gasteiger partial charge in [0.05, 0.1) is 6.26 Å². The molecule has 21 heavy (non-hydrogen) atoms. The average molecular weight is 310 g/mol. The lowest BCUT2D eigenvalue weighted by Crippen LogP contribution is -2.50. The zero-order valence-corrected chi connectivity index (χ0v) is 13.8. The van der Waals surface area contributed by atoms with Crippen molar-refractivity contribution in [3.05, 3.63) is 34.4 Å². The Balaban J connectivity index is 2.17. The standard InChI is InChI=1S/C15H22N2O3S/c1-11-9-12(2)14(13(3)10-11)15(18)16-5-7-17(8-6-16)21(4,19)20/h9-10H,5-8H2,1-4H3. The van der Waals surface area contributed by atoms with Gasteiger partial charge in [-0.3, -0.25) is 4.79 Å². The maximum absolute atomic E-state index is 12.7. The highest BCUT2D eigenvalue weighted by molar-refractivity contribution is 7.88. The molecule has 1 aliphatic rings. The van der Waals surface area contributed by atoms with Crippen LogP contribution >= 0.6 is 0 Å². The molecule has 0 aliphatic carbocycles. The highest BCUT2D eigenvalue weighted by Crippen LogP contribution is 2.19. The normalized spacial score (nSPS) is 17.0. The summed E-state index contributed by atoms with van der Waals surface area (Å²) in [4.78, 5) is 14.4.